The maximum absolute atomic E-state index is 2.54. The van der Waals surface area contributed by atoms with Crippen molar-refractivity contribution in [1.82, 2.24) is 4.57 Å². The summed E-state index contributed by atoms with van der Waals surface area (Å²) in [5.74, 6) is 0. The van der Waals surface area contributed by atoms with Crippen LogP contribution >= 0.6 is 0 Å². The van der Waals surface area contributed by atoms with E-state index in [-0.39, 0.29) is 10.8 Å². The van der Waals surface area contributed by atoms with Crippen molar-refractivity contribution in [3.05, 3.63) is 253 Å². The molecule has 324 valence electrons. The third-order valence-electron chi connectivity index (χ3n) is 15.2. The van der Waals surface area contributed by atoms with Crippen LogP contribution in [0.3, 0.4) is 0 Å². The highest BCUT2D eigenvalue weighted by Crippen LogP contribution is 2.55. The van der Waals surface area contributed by atoms with Crippen LogP contribution in [-0.4, -0.2) is 4.57 Å². The Morgan fingerprint density at radius 3 is 1.56 bits per heavy atom. The molecule has 2 aliphatic carbocycles. The summed E-state index contributed by atoms with van der Waals surface area (Å²) in [5, 5.41) is 2.44. The van der Waals surface area contributed by atoms with Crippen LogP contribution in [0.2, 0.25) is 0 Å². The lowest BCUT2D eigenvalue weighted by Gasteiger charge is -2.31. The number of aromatic nitrogens is 1. The van der Waals surface area contributed by atoms with Gasteiger partial charge in [0, 0.05) is 44.2 Å². The molecule has 0 spiro atoms. The van der Waals surface area contributed by atoms with Gasteiger partial charge in [-0.1, -0.05) is 198 Å². The Bertz CT molecular complexity index is 3790. The number of fused-ring (bicyclic) bond motifs is 9. The molecule has 0 N–H and O–H groups in total. The molecule has 2 aliphatic rings. The standard InChI is InChI=1S/C66H50N2/c1-65(2)57-30-16-13-25-50(57)52-37-34-44(40-59(52)65)49-29-19-33-63(64(49)55-28-12-11-24-48(55)43-20-7-5-8-21-43)67(47-35-38-53-51-26-14-17-31-58(51)66(3,4)60(53)42-47)46-36-39-62-56(41-46)54-27-15-18-32-61(54)68(62)45-22-9-6-10-23-45/h5-42H,1-4H3. The second-order valence-corrected chi connectivity index (χ2v) is 19.7. The fourth-order valence-corrected chi connectivity index (χ4v) is 11.9. The topological polar surface area (TPSA) is 8.17 Å². The molecule has 68 heavy (non-hydrogen) atoms. The molecule has 2 nitrogen and oxygen atoms in total. The average Bonchev–Trinajstić information content (AvgIpc) is 3.93. The quantitative estimate of drug-likeness (QED) is 0.155. The molecule has 2 heteroatoms. The van der Waals surface area contributed by atoms with E-state index in [9.17, 15) is 0 Å². The van der Waals surface area contributed by atoms with Gasteiger partial charge in [0.05, 0.1) is 16.7 Å². The lowest BCUT2D eigenvalue weighted by atomic mass is 9.80. The van der Waals surface area contributed by atoms with E-state index in [1.165, 1.54) is 99.7 Å². The number of para-hydroxylation sites is 2. The van der Waals surface area contributed by atoms with Crippen LogP contribution in [0.5, 0.6) is 0 Å². The largest absolute Gasteiger partial charge is 0.310 e. The van der Waals surface area contributed by atoms with E-state index in [0.717, 1.165) is 22.7 Å². The van der Waals surface area contributed by atoms with Crippen molar-refractivity contribution in [3.63, 3.8) is 0 Å². The maximum Gasteiger partial charge on any atom is 0.0546 e. The Labute approximate surface area is 399 Å². The lowest BCUT2D eigenvalue weighted by Crippen LogP contribution is -2.17. The van der Waals surface area contributed by atoms with Crippen LogP contribution < -0.4 is 4.90 Å². The number of rotatable bonds is 7. The molecule has 1 heterocycles. The second kappa shape index (κ2) is 15.2. The molecule has 0 unspecified atom stereocenters. The van der Waals surface area contributed by atoms with Crippen molar-refractivity contribution in [2.24, 2.45) is 0 Å². The Hall–Kier alpha value is -8.20. The molecule has 0 saturated heterocycles. The molecule has 0 saturated carbocycles. The highest BCUT2D eigenvalue weighted by Gasteiger charge is 2.37. The van der Waals surface area contributed by atoms with Crippen LogP contribution in [0.15, 0.2) is 231 Å². The van der Waals surface area contributed by atoms with Gasteiger partial charge in [0.25, 0.3) is 0 Å². The first-order chi connectivity index (χ1) is 33.3. The smallest absolute Gasteiger partial charge is 0.0546 e. The van der Waals surface area contributed by atoms with E-state index in [1.807, 2.05) is 0 Å². The summed E-state index contributed by atoms with van der Waals surface area (Å²) < 4.78 is 2.41. The Morgan fingerprint density at radius 2 is 0.838 bits per heavy atom. The molecule has 0 fully saturated rings. The highest BCUT2D eigenvalue weighted by molar-refractivity contribution is 6.11. The number of benzene rings is 10. The zero-order chi connectivity index (χ0) is 45.7. The van der Waals surface area contributed by atoms with Gasteiger partial charge in [-0.3, -0.25) is 0 Å². The number of hydrogen-bond donors (Lipinski definition) is 0. The first-order valence-corrected chi connectivity index (χ1v) is 23.9. The zero-order valence-corrected chi connectivity index (χ0v) is 38.8. The van der Waals surface area contributed by atoms with Gasteiger partial charge in [-0.15, -0.1) is 0 Å². The van der Waals surface area contributed by atoms with Gasteiger partial charge in [0.15, 0.2) is 0 Å². The molecule has 0 amide bonds. The van der Waals surface area contributed by atoms with Crippen LogP contribution in [0.25, 0.3) is 83.1 Å². The van der Waals surface area contributed by atoms with Gasteiger partial charge in [0.2, 0.25) is 0 Å². The van der Waals surface area contributed by atoms with Crippen LogP contribution in [0.4, 0.5) is 17.1 Å². The molecule has 10 aromatic carbocycles. The normalized spacial score (nSPS) is 13.8. The van der Waals surface area contributed by atoms with Crippen molar-refractivity contribution in [2.75, 3.05) is 4.90 Å². The summed E-state index contributed by atoms with van der Waals surface area (Å²) in [6, 6.07) is 85.8. The van der Waals surface area contributed by atoms with E-state index >= 15 is 0 Å². The van der Waals surface area contributed by atoms with Gasteiger partial charge >= 0.3 is 0 Å². The fraction of sp³-hybridized carbons (Fsp3) is 0.0909. The highest BCUT2D eigenvalue weighted by atomic mass is 15.1. The van der Waals surface area contributed by atoms with Gasteiger partial charge in [-0.25, -0.2) is 0 Å². The van der Waals surface area contributed by atoms with Crippen molar-refractivity contribution in [3.8, 4) is 61.3 Å². The lowest BCUT2D eigenvalue weighted by molar-refractivity contribution is 0.660. The third-order valence-corrected chi connectivity index (χ3v) is 15.2. The molecule has 11 aromatic rings. The number of nitrogens with zero attached hydrogens (tertiary/aromatic N) is 2. The molecule has 0 bridgehead atoms. The number of anilines is 3. The van der Waals surface area contributed by atoms with Gasteiger partial charge in [0.1, 0.15) is 0 Å². The van der Waals surface area contributed by atoms with Crippen molar-refractivity contribution >= 4 is 38.9 Å². The minimum atomic E-state index is -0.181. The predicted octanol–water partition coefficient (Wildman–Crippen LogP) is 17.9. The van der Waals surface area contributed by atoms with Gasteiger partial charge in [-0.2, -0.15) is 0 Å². The minimum absolute atomic E-state index is 0.142. The van der Waals surface area contributed by atoms with E-state index in [1.54, 1.807) is 0 Å². The molecular formula is C66H50N2. The molecular weight excluding hydrogens is 821 g/mol. The third kappa shape index (κ3) is 5.97. The second-order valence-electron chi connectivity index (χ2n) is 19.7. The SMILES string of the molecule is CC1(C)c2ccccc2-c2ccc(-c3cccc(N(c4ccc5c(c4)C(C)(C)c4ccccc4-5)c4ccc5c(c4)c4ccccc4n5-c4ccccc4)c3-c3ccccc3-c3ccccc3)cc21. The molecule has 0 aliphatic heterocycles. The molecule has 1 aromatic heterocycles. The summed E-state index contributed by atoms with van der Waals surface area (Å²) >= 11 is 0. The predicted molar refractivity (Wildman–Crippen MR) is 287 cm³/mol. The molecule has 0 radical (unpaired) electrons. The van der Waals surface area contributed by atoms with Crippen molar-refractivity contribution < 1.29 is 0 Å². The summed E-state index contributed by atoms with van der Waals surface area (Å²) in [6.07, 6.45) is 0. The summed E-state index contributed by atoms with van der Waals surface area (Å²) in [6.45, 7) is 9.52. The van der Waals surface area contributed by atoms with Crippen LogP contribution in [-0.2, 0) is 10.8 Å². The first-order valence-electron chi connectivity index (χ1n) is 23.9. The van der Waals surface area contributed by atoms with Crippen LogP contribution in [0, 0.1) is 0 Å². The fourth-order valence-electron chi connectivity index (χ4n) is 11.9. The number of hydrogen-bond acceptors (Lipinski definition) is 1. The van der Waals surface area contributed by atoms with E-state index in [4.69, 9.17) is 0 Å². The van der Waals surface area contributed by atoms with Gasteiger partial charge < -0.3 is 9.47 Å². The maximum atomic E-state index is 2.54. The summed E-state index contributed by atoms with van der Waals surface area (Å²) in [7, 11) is 0. The van der Waals surface area contributed by atoms with E-state index in [2.05, 4.69) is 268 Å². The average molecular weight is 871 g/mol. The van der Waals surface area contributed by atoms with E-state index in [0.29, 0.717) is 0 Å². The minimum Gasteiger partial charge on any atom is -0.310 e. The molecule has 13 rings (SSSR count). The Kier molecular flexibility index (Phi) is 8.95. The monoisotopic (exact) mass is 870 g/mol. The van der Waals surface area contributed by atoms with Crippen molar-refractivity contribution in [1.29, 1.82) is 0 Å². The Morgan fingerprint density at radius 1 is 0.324 bits per heavy atom. The van der Waals surface area contributed by atoms with Crippen LogP contribution in [0.1, 0.15) is 49.9 Å². The van der Waals surface area contributed by atoms with Crippen molar-refractivity contribution in [2.45, 2.75) is 38.5 Å². The summed E-state index contributed by atoms with van der Waals surface area (Å²) in [4.78, 5) is 2.54. The van der Waals surface area contributed by atoms with Gasteiger partial charge in [-0.05, 0) is 133 Å². The summed E-state index contributed by atoms with van der Waals surface area (Å²) in [5.41, 5.74) is 24.4. The zero-order valence-electron chi connectivity index (χ0n) is 38.8. The first kappa shape index (κ1) is 40.1. The molecule has 0 atom stereocenters. The Balaban J connectivity index is 1.11. The van der Waals surface area contributed by atoms with E-state index < -0.39 is 0 Å².